The first-order chi connectivity index (χ1) is 9.24. The zero-order valence-corrected chi connectivity index (χ0v) is 10.6. The molecule has 0 bridgehead atoms. The Kier molecular flexibility index (Phi) is 2.89. The van der Waals surface area contributed by atoms with Crippen molar-refractivity contribution in [2.45, 2.75) is 6.92 Å². The molecule has 0 atom stereocenters. The Labute approximate surface area is 112 Å². The molecule has 0 saturated heterocycles. The van der Waals surface area contributed by atoms with Crippen LogP contribution in [0.1, 0.15) is 11.1 Å². The summed E-state index contributed by atoms with van der Waals surface area (Å²) in [6, 6.07) is 15.6. The van der Waals surface area contributed by atoms with E-state index in [1.54, 1.807) is 12.4 Å². The maximum atomic E-state index is 10.1. The van der Waals surface area contributed by atoms with E-state index < -0.39 is 0 Å². The van der Waals surface area contributed by atoms with Crippen molar-refractivity contribution in [3.8, 4) is 0 Å². The van der Waals surface area contributed by atoms with Gasteiger partial charge in [-0.05, 0) is 25.1 Å². The molecule has 1 aliphatic heterocycles. The number of hydrogen-bond donors (Lipinski definition) is 1. The van der Waals surface area contributed by atoms with Crippen molar-refractivity contribution >= 4 is 23.2 Å². The Morgan fingerprint density at radius 3 is 2.58 bits per heavy atom. The Morgan fingerprint density at radius 1 is 1.05 bits per heavy atom. The van der Waals surface area contributed by atoms with E-state index in [2.05, 4.69) is 4.99 Å². The number of allylic oxidation sites excluding steroid dienone is 1. The minimum absolute atomic E-state index is 0.732. The normalized spacial score (nSPS) is 14.7. The molecule has 3 heteroatoms. The van der Waals surface area contributed by atoms with Crippen LogP contribution in [-0.2, 0) is 0 Å². The molecule has 2 aromatic rings. The number of aliphatic imine (C=N–C) groups is 1. The summed E-state index contributed by atoms with van der Waals surface area (Å²) in [7, 11) is 0. The first kappa shape index (κ1) is 11.7. The topological polar surface area (TPSA) is 35.8 Å². The van der Waals surface area contributed by atoms with Gasteiger partial charge in [0.1, 0.15) is 0 Å². The van der Waals surface area contributed by atoms with Crippen molar-refractivity contribution in [3.63, 3.8) is 0 Å². The lowest BCUT2D eigenvalue weighted by atomic mass is 10.1. The molecule has 0 unspecified atom stereocenters. The third-order valence-electron chi connectivity index (χ3n) is 3.12. The fourth-order valence-electron chi connectivity index (χ4n) is 2.05. The summed E-state index contributed by atoms with van der Waals surface area (Å²) in [5.74, 6) is 0. The van der Waals surface area contributed by atoms with Gasteiger partial charge in [0.15, 0.2) is 0 Å². The van der Waals surface area contributed by atoms with Gasteiger partial charge in [-0.1, -0.05) is 35.9 Å². The van der Waals surface area contributed by atoms with Crippen molar-refractivity contribution in [1.82, 2.24) is 0 Å². The molecule has 94 valence electrons. The Hall–Kier alpha value is -2.39. The smallest absolute Gasteiger partial charge is 0.0709 e. The largest absolute Gasteiger partial charge is 0.284 e. The highest BCUT2D eigenvalue weighted by Gasteiger charge is 2.12. The molecule has 0 radical (unpaired) electrons. The van der Waals surface area contributed by atoms with Gasteiger partial charge in [0.25, 0.3) is 0 Å². The van der Waals surface area contributed by atoms with Crippen LogP contribution in [0.3, 0.4) is 0 Å². The highest BCUT2D eigenvalue weighted by atomic mass is 16.5. The quantitative estimate of drug-likeness (QED) is 0.819. The third kappa shape index (κ3) is 2.28. The Bertz CT molecular complexity index is 657. The average molecular weight is 250 g/mol. The van der Waals surface area contributed by atoms with Gasteiger partial charge in [0.2, 0.25) is 0 Å². The molecule has 2 aromatic carbocycles. The lowest BCUT2D eigenvalue weighted by Gasteiger charge is -2.13. The fourth-order valence-corrected chi connectivity index (χ4v) is 2.05. The van der Waals surface area contributed by atoms with Gasteiger partial charge in [-0.25, -0.2) is 5.06 Å². The number of benzene rings is 2. The van der Waals surface area contributed by atoms with Crippen molar-refractivity contribution < 1.29 is 5.21 Å². The maximum absolute atomic E-state index is 10.1. The molecule has 0 saturated carbocycles. The Balaban J connectivity index is 1.91. The summed E-state index contributed by atoms with van der Waals surface area (Å²) in [6.45, 7) is 2.02. The van der Waals surface area contributed by atoms with E-state index in [0.29, 0.717) is 0 Å². The molecule has 1 aliphatic rings. The molecule has 3 nitrogen and oxygen atoms in total. The molecule has 19 heavy (non-hydrogen) atoms. The predicted molar refractivity (Wildman–Crippen MR) is 78.0 cm³/mol. The number of anilines is 1. The van der Waals surface area contributed by atoms with Gasteiger partial charge in [-0.15, -0.1) is 0 Å². The zero-order valence-electron chi connectivity index (χ0n) is 10.6. The van der Waals surface area contributed by atoms with Crippen LogP contribution in [0.25, 0.3) is 5.57 Å². The molecule has 0 fully saturated rings. The highest BCUT2D eigenvalue weighted by molar-refractivity contribution is 6.16. The van der Waals surface area contributed by atoms with Gasteiger partial charge in [-0.2, -0.15) is 0 Å². The highest BCUT2D eigenvalue weighted by Crippen LogP contribution is 2.31. The van der Waals surface area contributed by atoms with Gasteiger partial charge in [-0.3, -0.25) is 10.2 Å². The lowest BCUT2D eigenvalue weighted by Crippen LogP contribution is -2.10. The minimum atomic E-state index is 0.732. The number of rotatable bonds is 2. The van der Waals surface area contributed by atoms with Crippen LogP contribution in [0, 0.1) is 6.92 Å². The lowest BCUT2D eigenvalue weighted by molar-refractivity contribution is 0.296. The van der Waals surface area contributed by atoms with E-state index in [0.717, 1.165) is 33.1 Å². The number of fused-ring (bicyclic) bond motifs is 1. The zero-order chi connectivity index (χ0) is 13.2. The van der Waals surface area contributed by atoms with Gasteiger partial charge >= 0.3 is 0 Å². The van der Waals surface area contributed by atoms with E-state index >= 15 is 0 Å². The van der Waals surface area contributed by atoms with Crippen LogP contribution >= 0.6 is 0 Å². The van der Waals surface area contributed by atoms with Crippen LogP contribution < -0.4 is 5.06 Å². The number of hydrogen-bond acceptors (Lipinski definition) is 3. The van der Waals surface area contributed by atoms with Crippen molar-refractivity contribution in [2.24, 2.45) is 4.99 Å². The molecular weight excluding hydrogens is 236 g/mol. The second-order valence-corrected chi connectivity index (χ2v) is 4.54. The molecule has 0 spiro atoms. The molecule has 1 N–H and O–H groups in total. The van der Waals surface area contributed by atoms with E-state index in [4.69, 9.17) is 0 Å². The fraction of sp³-hybridized carbons (Fsp3) is 0.0625. The molecule has 0 aromatic heterocycles. The number of hydroxylamine groups is 1. The van der Waals surface area contributed by atoms with Crippen molar-refractivity contribution in [1.29, 1.82) is 0 Å². The second-order valence-electron chi connectivity index (χ2n) is 4.54. The van der Waals surface area contributed by atoms with E-state index in [9.17, 15) is 5.21 Å². The third-order valence-corrected chi connectivity index (χ3v) is 3.12. The maximum Gasteiger partial charge on any atom is 0.0709 e. The summed E-state index contributed by atoms with van der Waals surface area (Å²) in [4.78, 5) is 4.31. The monoisotopic (exact) mass is 250 g/mol. The average Bonchev–Trinajstić information content (AvgIpc) is 2.83. The standard InChI is InChI=1S/C16H14N2O/c1-12-6-8-14(9-7-12)18(19)11-13-10-17-16-5-3-2-4-15(13)16/h2-11,19H,1H3/b13-11-. The van der Waals surface area contributed by atoms with Crippen molar-refractivity contribution in [3.05, 3.63) is 65.9 Å². The minimum Gasteiger partial charge on any atom is -0.284 e. The molecule has 3 rings (SSSR count). The van der Waals surface area contributed by atoms with Crippen LogP contribution in [0.5, 0.6) is 0 Å². The number of nitrogens with zero attached hydrogens (tertiary/aromatic N) is 2. The summed E-state index contributed by atoms with van der Waals surface area (Å²) in [5.41, 5.74) is 4.77. The first-order valence-electron chi connectivity index (χ1n) is 6.14. The summed E-state index contributed by atoms with van der Waals surface area (Å²) < 4.78 is 0. The van der Waals surface area contributed by atoms with E-state index in [1.807, 2.05) is 55.5 Å². The van der Waals surface area contributed by atoms with E-state index in [-0.39, 0.29) is 0 Å². The summed E-state index contributed by atoms with van der Waals surface area (Å²) in [6.07, 6.45) is 3.45. The molecule has 0 aliphatic carbocycles. The molecule has 1 heterocycles. The summed E-state index contributed by atoms with van der Waals surface area (Å²) >= 11 is 0. The predicted octanol–water partition coefficient (Wildman–Crippen LogP) is 3.95. The molecular formula is C16H14N2O. The number of para-hydroxylation sites is 1. The molecule has 0 amide bonds. The summed E-state index contributed by atoms with van der Waals surface area (Å²) in [5, 5.41) is 11.2. The van der Waals surface area contributed by atoms with Crippen LogP contribution in [0.2, 0.25) is 0 Å². The SMILES string of the molecule is Cc1ccc(N(O)/C=C2/C=Nc3ccccc32)cc1. The number of aryl methyl sites for hydroxylation is 1. The van der Waals surface area contributed by atoms with E-state index in [1.165, 1.54) is 0 Å². The van der Waals surface area contributed by atoms with Gasteiger partial charge in [0.05, 0.1) is 11.4 Å². The van der Waals surface area contributed by atoms with Crippen LogP contribution in [0.15, 0.2) is 59.7 Å². The van der Waals surface area contributed by atoms with Crippen molar-refractivity contribution in [2.75, 3.05) is 5.06 Å². The van der Waals surface area contributed by atoms with Crippen LogP contribution in [-0.4, -0.2) is 11.4 Å². The second kappa shape index (κ2) is 4.71. The Morgan fingerprint density at radius 2 is 1.79 bits per heavy atom. The van der Waals surface area contributed by atoms with Gasteiger partial charge < -0.3 is 0 Å². The first-order valence-corrected chi connectivity index (χ1v) is 6.14. The van der Waals surface area contributed by atoms with Gasteiger partial charge in [0, 0.05) is 23.6 Å². The van der Waals surface area contributed by atoms with Crippen LogP contribution in [0.4, 0.5) is 11.4 Å².